The van der Waals surface area contributed by atoms with E-state index in [1.165, 1.54) is 0 Å². The fourth-order valence-electron chi connectivity index (χ4n) is 4.77. The number of alkyl halides is 3. The number of hydrogen-bond donors (Lipinski definition) is 0. The molecule has 5 aliphatic rings. The number of aliphatic imine (C=N–C) groups is 4. The molecule has 0 amide bonds. The predicted molar refractivity (Wildman–Crippen MR) is 150 cm³/mol. The summed E-state index contributed by atoms with van der Waals surface area (Å²) < 4.78 is 47.1. The van der Waals surface area contributed by atoms with E-state index in [1.807, 2.05) is 85.9 Å². The zero-order valence-corrected chi connectivity index (χ0v) is 21.6. The molecule has 0 radical (unpaired) electrons. The van der Waals surface area contributed by atoms with E-state index in [1.54, 1.807) is 16.8 Å². The third-order valence-corrected chi connectivity index (χ3v) is 6.54. The van der Waals surface area contributed by atoms with Gasteiger partial charge < -0.3 is 0 Å². The predicted octanol–water partition coefficient (Wildman–Crippen LogP) is 6.27. The molecule has 1 aromatic heterocycles. The second kappa shape index (κ2) is 10.9. The average Bonchev–Trinajstić information content (AvgIpc) is 3.74. The Bertz CT molecular complexity index is 1630. The largest absolute Gasteiger partial charge is 0.293 e. The van der Waals surface area contributed by atoms with Crippen molar-refractivity contribution in [2.75, 3.05) is 0 Å². The molecular formula is C31H25F3N5O+. The molecule has 9 heteroatoms. The number of pyridine rings is 1. The van der Waals surface area contributed by atoms with Crippen molar-refractivity contribution in [2.45, 2.75) is 38.8 Å². The molecule has 6 heterocycles. The minimum atomic E-state index is -3.24. The van der Waals surface area contributed by atoms with E-state index in [2.05, 4.69) is 9.98 Å². The Morgan fingerprint density at radius 2 is 1.32 bits per heavy atom. The molecule has 0 saturated heterocycles. The zero-order valence-electron chi connectivity index (χ0n) is 21.6. The number of aromatic nitrogens is 1. The zero-order chi connectivity index (χ0) is 27.6. The van der Waals surface area contributed by atoms with E-state index >= 15 is 0 Å². The fourth-order valence-corrected chi connectivity index (χ4v) is 4.77. The quantitative estimate of drug-likeness (QED) is 0.376. The molecule has 0 N–H and O–H groups in total. The summed E-state index contributed by atoms with van der Waals surface area (Å²) in [5, 5.41) is 0. The lowest BCUT2D eigenvalue weighted by Crippen LogP contribution is -2.46. The molecule has 200 valence electrons. The van der Waals surface area contributed by atoms with Crippen LogP contribution in [-0.2, 0) is 4.74 Å². The van der Waals surface area contributed by atoms with Crippen molar-refractivity contribution in [3.05, 3.63) is 120 Å². The third-order valence-electron chi connectivity index (χ3n) is 6.54. The number of ether oxygens (including phenoxy) is 1. The van der Waals surface area contributed by atoms with E-state index in [0.717, 1.165) is 34.1 Å². The van der Waals surface area contributed by atoms with Gasteiger partial charge in [0, 0.05) is 18.6 Å². The lowest BCUT2D eigenvalue weighted by atomic mass is 10.0. The monoisotopic (exact) mass is 540 g/mol. The van der Waals surface area contributed by atoms with Gasteiger partial charge >= 0.3 is 0 Å². The summed E-state index contributed by atoms with van der Waals surface area (Å²) in [6.45, 7) is 1.89. The topological polar surface area (TPSA) is 62.5 Å². The molecule has 0 saturated carbocycles. The van der Waals surface area contributed by atoms with Gasteiger partial charge in [-0.25, -0.2) is 33.1 Å². The first-order chi connectivity index (χ1) is 19.4. The second-order valence-corrected chi connectivity index (χ2v) is 9.50. The van der Waals surface area contributed by atoms with Gasteiger partial charge in [-0.1, -0.05) is 6.92 Å². The normalized spacial score (nSPS) is 20.4. The highest BCUT2D eigenvalue weighted by Crippen LogP contribution is 2.29. The van der Waals surface area contributed by atoms with Gasteiger partial charge in [0.1, 0.15) is 0 Å². The molecule has 40 heavy (non-hydrogen) atoms. The van der Waals surface area contributed by atoms with Crippen molar-refractivity contribution in [1.29, 1.82) is 0 Å². The Morgan fingerprint density at radius 1 is 0.725 bits per heavy atom. The van der Waals surface area contributed by atoms with Gasteiger partial charge in [-0.05, 0) is 79.3 Å². The van der Waals surface area contributed by atoms with Gasteiger partial charge in [0.25, 0.3) is 19.0 Å². The summed E-state index contributed by atoms with van der Waals surface area (Å²) in [6.07, 6.45) is 16.7. The molecule has 8 bridgehead atoms. The van der Waals surface area contributed by atoms with Gasteiger partial charge in [-0.15, -0.1) is 0 Å². The molecule has 0 aromatic carbocycles. The Hall–Kier alpha value is -4.50. The second-order valence-electron chi connectivity index (χ2n) is 9.50. The van der Waals surface area contributed by atoms with Crippen LogP contribution in [-0.4, -0.2) is 35.6 Å². The first-order valence-electron chi connectivity index (χ1n) is 13.0. The van der Waals surface area contributed by atoms with Crippen molar-refractivity contribution >= 4 is 28.4 Å². The fraction of sp³-hybridized carbons (Fsp3) is 0.194. The van der Waals surface area contributed by atoms with Crippen molar-refractivity contribution in [1.82, 2.24) is 0 Å². The van der Waals surface area contributed by atoms with Crippen LogP contribution < -0.4 is 4.57 Å². The number of rotatable bonds is 7. The molecular weight excluding hydrogens is 515 g/mol. The van der Waals surface area contributed by atoms with Gasteiger partial charge in [-0.2, -0.15) is 4.57 Å². The summed E-state index contributed by atoms with van der Waals surface area (Å²) in [6, 6.07) is 5.43. The SMILES string of the molecule is CCCC(OC(F)C(F)F)[n+]1ccccc1C1=CC2=CC3=NC(=CC4=NC(=CC5=NC(=CC1=N2)C=C5)C=C4)C=C3. The standard InChI is InChI=1S/C31H25F3N5O/c1-2-5-29(40-31(34)30(32)33)39-13-4-3-6-28(39)26-17-25-16-23-10-9-21(36-23)14-19-7-8-20(35-19)15-22-11-12-24(37-22)18-27(26)38-25/h3-4,6-18,29-31H,2,5H2,1H3/q+1. The summed E-state index contributed by atoms with van der Waals surface area (Å²) in [4.78, 5) is 18.9. The first kappa shape index (κ1) is 25.8. The van der Waals surface area contributed by atoms with Crippen LogP contribution >= 0.6 is 0 Å². The highest BCUT2D eigenvalue weighted by Gasteiger charge is 2.33. The number of halogens is 3. The highest BCUT2D eigenvalue weighted by atomic mass is 19.3. The van der Waals surface area contributed by atoms with Crippen LogP contribution in [0.4, 0.5) is 13.2 Å². The smallest absolute Gasteiger partial charge is 0.280 e. The van der Waals surface area contributed by atoms with E-state index in [0.29, 0.717) is 35.6 Å². The average molecular weight is 541 g/mol. The number of fused-ring (bicyclic) bond motifs is 4. The maximum absolute atomic E-state index is 14.0. The van der Waals surface area contributed by atoms with E-state index in [-0.39, 0.29) is 0 Å². The highest BCUT2D eigenvalue weighted by molar-refractivity contribution is 6.32. The molecule has 2 atom stereocenters. The van der Waals surface area contributed by atoms with Crippen molar-refractivity contribution in [2.24, 2.45) is 20.0 Å². The Kier molecular flexibility index (Phi) is 7.04. The lowest BCUT2D eigenvalue weighted by Gasteiger charge is -2.17. The van der Waals surface area contributed by atoms with Crippen molar-refractivity contribution < 1.29 is 22.5 Å². The molecule has 0 spiro atoms. The Labute approximate surface area is 229 Å². The minimum absolute atomic E-state index is 0.346. The lowest BCUT2D eigenvalue weighted by molar-refractivity contribution is -0.769. The Balaban J connectivity index is 1.45. The molecule has 2 unspecified atom stereocenters. The van der Waals surface area contributed by atoms with E-state index in [4.69, 9.17) is 14.7 Å². The Morgan fingerprint density at radius 3 is 1.93 bits per heavy atom. The summed E-state index contributed by atoms with van der Waals surface area (Å²) in [5.41, 5.74) is 7.19. The van der Waals surface area contributed by atoms with E-state index < -0.39 is 19.0 Å². The third kappa shape index (κ3) is 5.46. The minimum Gasteiger partial charge on any atom is -0.280 e. The van der Waals surface area contributed by atoms with Gasteiger partial charge in [0.2, 0.25) is 5.69 Å². The van der Waals surface area contributed by atoms with Crippen molar-refractivity contribution in [3.8, 4) is 0 Å². The number of hydrogen-bond acceptors (Lipinski definition) is 5. The van der Waals surface area contributed by atoms with Crippen LogP contribution in [0.25, 0.3) is 5.57 Å². The van der Waals surface area contributed by atoms with Crippen molar-refractivity contribution in [3.63, 3.8) is 0 Å². The molecule has 1 aromatic rings. The molecule has 0 aliphatic carbocycles. The van der Waals surface area contributed by atoms with Crippen LogP contribution in [0.2, 0.25) is 0 Å². The number of allylic oxidation sites excluding steroid dienone is 12. The maximum Gasteiger partial charge on any atom is 0.293 e. The van der Waals surface area contributed by atoms with Crippen LogP contribution in [0.5, 0.6) is 0 Å². The number of nitrogens with zero attached hydrogens (tertiary/aromatic N) is 5. The summed E-state index contributed by atoms with van der Waals surface area (Å²) in [5.74, 6) is 0. The van der Waals surface area contributed by atoms with E-state index in [9.17, 15) is 13.2 Å². The molecule has 5 aliphatic heterocycles. The molecule has 0 fully saturated rings. The van der Waals surface area contributed by atoms with Crippen LogP contribution in [0.3, 0.4) is 0 Å². The summed E-state index contributed by atoms with van der Waals surface area (Å²) >= 11 is 0. The first-order valence-corrected chi connectivity index (χ1v) is 13.0. The summed E-state index contributed by atoms with van der Waals surface area (Å²) in [7, 11) is 0. The maximum atomic E-state index is 14.0. The van der Waals surface area contributed by atoms with Gasteiger partial charge in [0.05, 0.1) is 51.2 Å². The van der Waals surface area contributed by atoms with Gasteiger partial charge in [-0.3, -0.25) is 4.74 Å². The van der Waals surface area contributed by atoms with Gasteiger partial charge in [0.15, 0.2) is 6.20 Å². The van der Waals surface area contributed by atoms with Crippen LogP contribution in [0, 0.1) is 0 Å². The van der Waals surface area contributed by atoms with Crippen LogP contribution in [0.1, 0.15) is 31.7 Å². The molecule has 6 nitrogen and oxygen atoms in total. The van der Waals surface area contributed by atoms with Crippen LogP contribution in [0.15, 0.2) is 134 Å². The molecule has 6 rings (SSSR count).